The van der Waals surface area contributed by atoms with Crippen LogP contribution in [0.4, 0.5) is 5.82 Å². The summed E-state index contributed by atoms with van der Waals surface area (Å²) in [5.74, 6) is 0.500. The first kappa shape index (κ1) is 15.2. The van der Waals surface area contributed by atoms with Crippen molar-refractivity contribution in [3.63, 3.8) is 0 Å². The maximum Gasteiger partial charge on any atom is 0.274 e. The molecule has 2 amide bonds. The molecule has 0 spiro atoms. The van der Waals surface area contributed by atoms with Crippen molar-refractivity contribution in [2.24, 2.45) is 0 Å². The van der Waals surface area contributed by atoms with E-state index in [2.05, 4.69) is 15.5 Å². The van der Waals surface area contributed by atoms with Gasteiger partial charge in [-0.15, -0.1) is 10.2 Å². The molecule has 1 N–H and O–H groups in total. The molecule has 2 rings (SSSR count). The Morgan fingerprint density at radius 1 is 1.19 bits per heavy atom. The number of hydrogen-bond acceptors (Lipinski definition) is 5. The summed E-state index contributed by atoms with van der Waals surface area (Å²) in [4.78, 5) is 26.3. The lowest BCUT2D eigenvalue weighted by Crippen LogP contribution is -2.48. The van der Waals surface area contributed by atoms with Gasteiger partial charge in [-0.2, -0.15) is 0 Å². The van der Waals surface area contributed by atoms with Crippen LogP contribution in [-0.4, -0.2) is 64.0 Å². The summed E-state index contributed by atoms with van der Waals surface area (Å²) in [7, 11) is 0. The molecule has 0 bridgehead atoms. The highest BCUT2D eigenvalue weighted by atomic mass is 16.2. The number of anilines is 1. The predicted octanol–water partition coefficient (Wildman–Crippen LogP) is 0.601. The van der Waals surface area contributed by atoms with E-state index in [0.717, 1.165) is 6.41 Å². The van der Waals surface area contributed by atoms with E-state index in [4.69, 9.17) is 0 Å². The topological polar surface area (TPSA) is 78.4 Å². The molecule has 2 heterocycles. The van der Waals surface area contributed by atoms with E-state index in [9.17, 15) is 9.59 Å². The summed E-state index contributed by atoms with van der Waals surface area (Å²) in [5.41, 5.74) is 0.222. The van der Waals surface area contributed by atoms with Gasteiger partial charge in [0.1, 0.15) is 5.82 Å². The van der Waals surface area contributed by atoms with Crippen LogP contribution >= 0.6 is 0 Å². The molecule has 0 aromatic carbocycles. The van der Waals surface area contributed by atoms with E-state index < -0.39 is 0 Å². The zero-order valence-electron chi connectivity index (χ0n) is 12.7. The van der Waals surface area contributed by atoms with Crippen LogP contribution in [0.2, 0.25) is 0 Å². The fraction of sp³-hybridized carbons (Fsp3) is 0.571. The number of carbonyl (C=O) groups excluding carboxylic acids is 2. The van der Waals surface area contributed by atoms with Crippen molar-refractivity contribution in [1.82, 2.24) is 20.0 Å². The molecule has 1 aliphatic rings. The Hall–Kier alpha value is -2.18. The molecular weight excluding hydrogens is 270 g/mol. The molecule has 1 aliphatic heterocycles. The average molecular weight is 291 g/mol. The number of carbonyl (C=O) groups is 2. The number of piperazine rings is 1. The molecule has 1 aromatic rings. The minimum Gasteiger partial charge on any atom is -0.364 e. The van der Waals surface area contributed by atoms with Gasteiger partial charge in [0, 0.05) is 31.7 Å². The van der Waals surface area contributed by atoms with Crippen LogP contribution in [0, 0.1) is 0 Å². The second kappa shape index (κ2) is 6.07. The number of rotatable bonds is 3. The molecule has 1 fully saturated rings. The quantitative estimate of drug-likeness (QED) is 0.825. The first-order valence-electron chi connectivity index (χ1n) is 6.99. The van der Waals surface area contributed by atoms with Crippen molar-refractivity contribution < 1.29 is 9.59 Å². The van der Waals surface area contributed by atoms with E-state index in [1.54, 1.807) is 21.9 Å². The predicted molar refractivity (Wildman–Crippen MR) is 78.9 cm³/mol. The first-order valence-corrected chi connectivity index (χ1v) is 6.99. The second-order valence-electron chi connectivity index (χ2n) is 6.11. The monoisotopic (exact) mass is 291 g/mol. The van der Waals surface area contributed by atoms with Crippen LogP contribution in [0.3, 0.4) is 0 Å². The Morgan fingerprint density at radius 2 is 1.86 bits per heavy atom. The van der Waals surface area contributed by atoms with Gasteiger partial charge < -0.3 is 15.1 Å². The summed E-state index contributed by atoms with van der Waals surface area (Å²) in [6.45, 7) is 8.27. The molecular formula is C14H21N5O2. The summed E-state index contributed by atoms with van der Waals surface area (Å²) < 4.78 is 0. The average Bonchev–Trinajstić information content (AvgIpc) is 2.46. The van der Waals surface area contributed by atoms with Gasteiger partial charge in [-0.3, -0.25) is 9.59 Å². The largest absolute Gasteiger partial charge is 0.364 e. The Balaban J connectivity index is 1.99. The van der Waals surface area contributed by atoms with Gasteiger partial charge in [0.2, 0.25) is 6.41 Å². The fourth-order valence-corrected chi connectivity index (χ4v) is 2.09. The number of aromatic nitrogens is 2. The van der Waals surface area contributed by atoms with Gasteiger partial charge in [-0.05, 0) is 32.9 Å². The van der Waals surface area contributed by atoms with Crippen molar-refractivity contribution in [2.75, 3.05) is 31.5 Å². The Bertz CT molecular complexity index is 501. The van der Waals surface area contributed by atoms with E-state index in [0.29, 0.717) is 37.7 Å². The number of nitrogens with zero attached hydrogens (tertiary/aromatic N) is 4. The van der Waals surface area contributed by atoms with E-state index >= 15 is 0 Å². The highest BCUT2D eigenvalue weighted by Crippen LogP contribution is 2.12. The molecule has 0 aliphatic carbocycles. The minimum absolute atomic E-state index is 0.106. The third-order valence-electron chi connectivity index (χ3n) is 3.14. The van der Waals surface area contributed by atoms with Crippen molar-refractivity contribution in [2.45, 2.75) is 26.3 Å². The van der Waals surface area contributed by atoms with E-state index in [1.165, 1.54) is 0 Å². The van der Waals surface area contributed by atoms with Crippen LogP contribution in [0.15, 0.2) is 12.1 Å². The third-order valence-corrected chi connectivity index (χ3v) is 3.14. The Morgan fingerprint density at radius 3 is 2.33 bits per heavy atom. The van der Waals surface area contributed by atoms with Crippen molar-refractivity contribution in [3.8, 4) is 0 Å². The number of amides is 2. The van der Waals surface area contributed by atoms with E-state index in [1.807, 2.05) is 20.8 Å². The number of hydrogen-bond donors (Lipinski definition) is 1. The molecule has 0 saturated carbocycles. The smallest absolute Gasteiger partial charge is 0.274 e. The Kier molecular flexibility index (Phi) is 4.40. The van der Waals surface area contributed by atoms with Crippen molar-refractivity contribution in [3.05, 3.63) is 17.8 Å². The Labute approximate surface area is 124 Å². The molecule has 1 saturated heterocycles. The summed E-state index contributed by atoms with van der Waals surface area (Å²) in [5, 5.41) is 11.2. The van der Waals surface area contributed by atoms with Crippen LogP contribution in [0.5, 0.6) is 0 Å². The molecule has 7 nitrogen and oxygen atoms in total. The van der Waals surface area contributed by atoms with Crippen LogP contribution in [-0.2, 0) is 4.79 Å². The lowest BCUT2D eigenvalue weighted by Gasteiger charge is -2.32. The molecule has 114 valence electrons. The maximum atomic E-state index is 12.3. The van der Waals surface area contributed by atoms with Crippen LogP contribution in [0.1, 0.15) is 31.3 Å². The van der Waals surface area contributed by atoms with Crippen molar-refractivity contribution in [1.29, 1.82) is 0 Å². The minimum atomic E-state index is -0.143. The third kappa shape index (κ3) is 4.14. The van der Waals surface area contributed by atoms with Crippen LogP contribution in [0.25, 0.3) is 0 Å². The zero-order chi connectivity index (χ0) is 15.5. The van der Waals surface area contributed by atoms with Gasteiger partial charge in [0.05, 0.1) is 0 Å². The van der Waals surface area contributed by atoms with E-state index in [-0.39, 0.29) is 11.4 Å². The SMILES string of the molecule is CC(C)(C)Nc1ccc(C(=O)N2CCN(C=O)CC2)nn1. The lowest BCUT2D eigenvalue weighted by molar-refractivity contribution is -0.119. The highest BCUT2D eigenvalue weighted by molar-refractivity contribution is 5.92. The molecule has 0 atom stereocenters. The summed E-state index contributed by atoms with van der Waals surface area (Å²) in [6, 6.07) is 3.43. The molecule has 1 aromatic heterocycles. The van der Waals surface area contributed by atoms with Crippen LogP contribution < -0.4 is 5.32 Å². The van der Waals surface area contributed by atoms with Crippen molar-refractivity contribution >= 4 is 18.1 Å². The molecule has 21 heavy (non-hydrogen) atoms. The van der Waals surface area contributed by atoms with Gasteiger partial charge in [0.15, 0.2) is 5.69 Å². The highest BCUT2D eigenvalue weighted by Gasteiger charge is 2.22. The standard InChI is InChI=1S/C14H21N5O2/c1-14(2,3)15-12-5-4-11(16-17-12)13(21)19-8-6-18(10-20)7-9-19/h4-5,10H,6-9H2,1-3H3,(H,15,17). The fourth-order valence-electron chi connectivity index (χ4n) is 2.09. The molecule has 7 heteroatoms. The van der Waals surface area contributed by atoms with Gasteiger partial charge in [0.25, 0.3) is 5.91 Å². The van der Waals surface area contributed by atoms with Gasteiger partial charge >= 0.3 is 0 Å². The van der Waals surface area contributed by atoms with Gasteiger partial charge in [-0.25, -0.2) is 0 Å². The normalized spacial score (nSPS) is 15.8. The first-order chi connectivity index (χ1) is 9.89. The number of nitrogens with one attached hydrogen (secondary N) is 1. The maximum absolute atomic E-state index is 12.3. The summed E-state index contributed by atoms with van der Waals surface area (Å²) in [6.07, 6.45) is 0.814. The lowest BCUT2D eigenvalue weighted by atomic mass is 10.1. The second-order valence-corrected chi connectivity index (χ2v) is 6.11. The zero-order valence-corrected chi connectivity index (χ0v) is 12.7. The molecule has 0 unspecified atom stereocenters. The summed E-state index contributed by atoms with van der Waals surface area (Å²) >= 11 is 0. The molecule has 0 radical (unpaired) electrons. The van der Waals surface area contributed by atoms with Gasteiger partial charge in [-0.1, -0.05) is 0 Å².